The zero-order chi connectivity index (χ0) is 20.1. The van der Waals surface area contributed by atoms with Crippen molar-refractivity contribution in [1.82, 2.24) is 0 Å². The Bertz CT molecular complexity index is 746. The van der Waals surface area contributed by atoms with Crippen molar-refractivity contribution < 1.29 is 4.39 Å². The first-order chi connectivity index (χ1) is 14.2. The minimum atomic E-state index is -0.938. The van der Waals surface area contributed by atoms with E-state index in [1.54, 1.807) is 49.2 Å². The van der Waals surface area contributed by atoms with E-state index in [0.29, 0.717) is 0 Å². The number of rotatable bonds is 6. The van der Waals surface area contributed by atoms with Crippen LogP contribution in [0.1, 0.15) is 69.8 Å². The van der Waals surface area contributed by atoms with Crippen molar-refractivity contribution in [3.05, 3.63) is 59.9 Å². The Hall–Kier alpha value is -1.41. The molecule has 2 heterocycles. The maximum Gasteiger partial charge on any atom is 0.123 e. The summed E-state index contributed by atoms with van der Waals surface area (Å²) in [4.78, 5) is 0. The summed E-state index contributed by atoms with van der Waals surface area (Å²) >= 11 is 0. The number of hydrogen-bond donors (Lipinski definition) is 0. The van der Waals surface area contributed by atoms with Gasteiger partial charge < -0.3 is 0 Å². The summed E-state index contributed by atoms with van der Waals surface area (Å²) in [5, 5.41) is 0. The zero-order valence-electron chi connectivity index (χ0n) is 18.1. The van der Waals surface area contributed by atoms with Gasteiger partial charge in [-0.15, -0.1) is 0 Å². The predicted molar refractivity (Wildman–Crippen MR) is 126 cm³/mol. The molecule has 2 fully saturated rings. The molecule has 0 nitrogen and oxygen atoms in total. The fourth-order valence-corrected chi connectivity index (χ4v) is 11.4. The second kappa shape index (κ2) is 9.60. The van der Waals surface area contributed by atoms with Crippen LogP contribution in [0.15, 0.2) is 48.5 Å². The maximum atomic E-state index is 13.2. The molecule has 0 saturated carbocycles. The molecular weight excluding hydrogens is 371 g/mol. The van der Waals surface area contributed by atoms with E-state index in [-0.39, 0.29) is 5.82 Å². The molecule has 0 atom stereocenters. The molecule has 29 heavy (non-hydrogen) atoms. The standard InChI is InChI=1S/C27H37FSi/c1-2-3-4-5-22-14-18-29(19-15-22)20-16-26(17-21-29)24-8-6-23(7-9-24)25-10-12-27(28)13-11-25/h6-13,22,26H,2-5,14-21H2,1H3. The Labute approximate surface area is 177 Å². The monoisotopic (exact) mass is 408 g/mol. The zero-order valence-corrected chi connectivity index (χ0v) is 19.1. The lowest BCUT2D eigenvalue weighted by Gasteiger charge is -2.43. The Morgan fingerprint density at radius 2 is 1.31 bits per heavy atom. The second-order valence-electron chi connectivity index (χ2n) is 9.84. The van der Waals surface area contributed by atoms with Crippen LogP contribution in [-0.4, -0.2) is 8.07 Å². The molecule has 0 amide bonds. The highest BCUT2D eigenvalue weighted by molar-refractivity contribution is 6.80. The highest BCUT2D eigenvalue weighted by atomic mass is 28.3. The molecular formula is C27H37FSi. The molecule has 2 aliphatic rings. The van der Waals surface area contributed by atoms with E-state index in [4.69, 9.17) is 0 Å². The highest BCUT2D eigenvalue weighted by Gasteiger charge is 2.40. The van der Waals surface area contributed by atoms with Gasteiger partial charge in [-0.25, -0.2) is 4.39 Å². The lowest BCUT2D eigenvalue weighted by molar-refractivity contribution is 0.407. The van der Waals surface area contributed by atoms with E-state index in [0.717, 1.165) is 17.4 Å². The van der Waals surface area contributed by atoms with Gasteiger partial charge in [0.15, 0.2) is 0 Å². The lowest BCUT2D eigenvalue weighted by atomic mass is 9.92. The molecule has 4 rings (SSSR count). The fraction of sp³-hybridized carbons (Fsp3) is 0.556. The van der Waals surface area contributed by atoms with Gasteiger partial charge in [0.25, 0.3) is 0 Å². The molecule has 2 heteroatoms. The molecule has 0 aliphatic carbocycles. The van der Waals surface area contributed by atoms with Crippen molar-refractivity contribution >= 4 is 8.07 Å². The first-order valence-electron chi connectivity index (χ1n) is 12.0. The summed E-state index contributed by atoms with van der Waals surface area (Å²) in [6.45, 7) is 2.32. The third-order valence-corrected chi connectivity index (χ3v) is 13.4. The predicted octanol–water partition coefficient (Wildman–Crippen LogP) is 8.81. The van der Waals surface area contributed by atoms with Crippen LogP contribution in [0.5, 0.6) is 0 Å². The van der Waals surface area contributed by atoms with Gasteiger partial charge in [-0.2, -0.15) is 0 Å². The van der Waals surface area contributed by atoms with Crippen molar-refractivity contribution in [2.24, 2.45) is 5.92 Å². The van der Waals surface area contributed by atoms with Crippen LogP contribution in [0.3, 0.4) is 0 Å². The summed E-state index contributed by atoms with van der Waals surface area (Å²) in [6.07, 6.45) is 11.7. The van der Waals surface area contributed by atoms with Crippen molar-refractivity contribution in [3.8, 4) is 11.1 Å². The van der Waals surface area contributed by atoms with Gasteiger partial charge >= 0.3 is 0 Å². The Balaban J connectivity index is 1.29. The normalized spacial score (nSPS) is 27.2. The molecule has 156 valence electrons. The van der Waals surface area contributed by atoms with E-state index in [1.807, 2.05) is 12.1 Å². The molecule has 0 aromatic heterocycles. The average Bonchev–Trinajstić information content (AvgIpc) is 2.77. The van der Waals surface area contributed by atoms with Gasteiger partial charge in [-0.05, 0) is 53.5 Å². The van der Waals surface area contributed by atoms with Gasteiger partial charge in [0, 0.05) is 0 Å². The number of hydrogen-bond acceptors (Lipinski definition) is 0. The molecule has 0 N–H and O–H groups in total. The van der Waals surface area contributed by atoms with Crippen LogP contribution in [0.4, 0.5) is 4.39 Å². The topological polar surface area (TPSA) is 0 Å². The maximum absolute atomic E-state index is 13.2. The molecule has 0 radical (unpaired) electrons. The summed E-state index contributed by atoms with van der Waals surface area (Å²) in [5.41, 5.74) is 3.81. The van der Waals surface area contributed by atoms with Crippen molar-refractivity contribution in [2.45, 2.75) is 88.4 Å². The Kier molecular flexibility index (Phi) is 6.90. The molecule has 1 spiro atoms. The number of benzene rings is 2. The summed E-state index contributed by atoms with van der Waals surface area (Å²) < 4.78 is 13.2. The summed E-state index contributed by atoms with van der Waals surface area (Å²) in [5.74, 6) is 1.65. The quantitative estimate of drug-likeness (QED) is 0.331. The molecule has 2 aromatic rings. The van der Waals surface area contributed by atoms with Crippen LogP contribution in [0, 0.1) is 11.7 Å². The van der Waals surface area contributed by atoms with E-state index in [1.165, 1.54) is 49.7 Å². The molecule has 2 aliphatic heterocycles. The van der Waals surface area contributed by atoms with E-state index < -0.39 is 8.07 Å². The Morgan fingerprint density at radius 1 is 0.759 bits per heavy atom. The van der Waals surface area contributed by atoms with Gasteiger partial charge in [0.05, 0.1) is 8.07 Å². The van der Waals surface area contributed by atoms with Gasteiger partial charge in [-0.3, -0.25) is 0 Å². The molecule has 2 aromatic carbocycles. The van der Waals surface area contributed by atoms with E-state index in [9.17, 15) is 4.39 Å². The second-order valence-corrected chi connectivity index (χ2v) is 14.8. The van der Waals surface area contributed by atoms with Crippen LogP contribution >= 0.6 is 0 Å². The SMILES string of the molecule is CCCCCC1CC[Si]2(CC1)CCC(c1ccc(-c3ccc(F)cc3)cc1)CC2. The van der Waals surface area contributed by atoms with Crippen LogP contribution in [0.2, 0.25) is 24.2 Å². The van der Waals surface area contributed by atoms with Crippen molar-refractivity contribution in [3.63, 3.8) is 0 Å². The van der Waals surface area contributed by atoms with Gasteiger partial charge in [0.1, 0.15) is 5.82 Å². The van der Waals surface area contributed by atoms with E-state index >= 15 is 0 Å². The van der Waals surface area contributed by atoms with Crippen LogP contribution in [0.25, 0.3) is 11.1 Å². The van der Waals surface area contributed by atoms with Gasteiger partial charge in [-0.1, -0.05) is 106 Å². The average molecular weight is 409 g/mol. The minimum Gasteiger partial charge on any atom is -0.207 e. The Morgan fingerprint density at radius 3 is 1.90 bits per heavy atom. The first kappa shape index (κ1) is 20.8. The number of unbranched alkanes of at least 4 members (excludes halogenated alkanes) is 2. The third kappa shape index (κ3) is 5.20. The fourth-order valence-electron chi connectivity index (χ4n) is 5.92. The molecule has 2 saturated heterocycles. The van der Waals surface area contributed by atoms with Crippen molar-refractivity contribution in [2.75, 3.05) is 0 Å². The third-order valence-electron chi connectivity index (χ3n) is 7.99. The summed E-state index contributed by atoms with van der Waals surface area (Å²) in [6, 6.07) is 22.3. The molecule has 0 bridgehead atoms. The van der Waals surface area contributed by atoms with Crippen molar-refractivity contribution in [1.29, 1.82) is 0 Å². The van der Waals surface area contributed by atoms with Crippen LogP contribution in [-0.2, 0) is 0 Å². The van der Waals surface area contributed by atoms with E-state index in [2.05, 4.69) is 31.2 Å². The highest BCUT2D eigenvalue weighted by Crippen LogP contribution is 2.47. The molecule has 0 unspecified atom stereocenters. The lowest BCUT2D eigenvalue weighted by Crippen LogP contribution is -2.41. The first-order valence-corrected chi connectivity index (χ1v) is 14.9. The number of halogens is 1. The van der Waals surface area contributed by atoms with Gasteiger partial charge in [0.2, 0.25) is 0 Å². The smallest absolute Gasteiger partial charge is 0.123 e. The minimum absolute atomic E-state index is 0.166. The summed E-state index contributed by atoms with van der Waals surface area (Å²) in [7, 11) is -0.938. The largest absolute Gasteiger partial charge is 0.207 e. The van der Waals surface area contributed by atoms with Crippen LogP contribution < -0.4 is 0 Å².